The number of rotatable bonds is 9. The molecule has 5 nitrogen and oxygen atoms in total. The minimum atomic E-state index is -2.04. The normalized spacial score (nSPS) is 20.9. The lowest BCUT2D eigenvalue weighted by Crippen LogP contribution is -2.78. The first-order valence-electron chi connectivity index (χ1n) is 12.0. The van der Waals surface area contributed by atoms with Crippen molar-refractivity contribution in [2.24, 2.45) is 0 Å². The van der Waals surface area contributed by atoms with Crippen LogP contribution in [-0.4, -0.2) is 53.2 Å². The predicted octanol–water partition coefficient (Wildman–Crippen LogP) is 6.27. The number of ether oxygens (including phenoxy) is 1. The predicted molar refractivity (Wildman–Crippen MR) is 144 cm³/mol. The van der Waals surface area contributed by atoms with E-state index in [0.717, 1.165) is 5.56 Å². The number of β-lactam (4-membered cyclic amide) rings is 1. The fourth-order valence-corrected chi connectivity index (χ4v) is 9.48. The van der Waals surface area contributed by atoms with Gasteiger partial charge in [-0.1, -0.05) is 83.8 Å². The molecule has 0 bridgehead atoms. The van der Waals surface area contributed by atoms with Gasteiger partial charge in [-0.15, -0.1) is 0 Å². The van der Waals surface area contributed by atoms with Crippen LogP contribution in [-0.2, 0) is 25.4 Å². The van der Waals surface area contributed by atoms with Gasteiger partial charge in [0, 0.05) is 6.54 Å². The maximum atomic E-state index is 13.8. The molecule has 2 unspecified atom stereocenters. The summed E-state index contributed by atoms with van der Waals surface area (Å²) < 4.78 is 14.5. The molecule has 1 aliphatic rings. The Morgan fingerprint density at radius 1 is 1.03 bits per heavy atom. The number of amides is 1. The zero-order chi connectivity index (χ0) is 25.5. The summed E-state index contributed by atoms with van der Waals surface area (Å²) in [5.74, 6) is -0.120. The van der Waals surface area contributed by atoms with Gasteiger partial charge >= 0.3 is 5.97 Å². The number of benzene rings is 1. The van der Waals surface area contributed by atoms with Crippen molar-refractivity contribution in [2.45, 2.75) is 102 Å². The number of hydrogen-bond acceptors (Lipinski definition) is 4. The maximum absolute atomic E-state index is 13.8. The van der Waals surface area contributed by atoms with Gasteiger partial charge in [-0.05, 0) is 36.7 Å². The Balaban J connectivity index is 2.31. The number of carbonyl (C=O) groups excluding carboxylic acids is 2. The summed E-state index contributed by atoms with van der Waals surface area (Å²) in [4.78, 5) is 27.2. The molecule has 0 N–H and O–H groups in total. The Hall–Kier alpha value is -1.23. The minimum absolute atomic E-state index is 0.0563. The highest BCUT2D eigenvalue weighted by atomic mass is 28.4. The number of esters is 1. The van der Waals surface area contributed by atoms with Crippen LogP contribution in [0.2, 0.25) is 63.0 Å². The number of carbonyl (C=O) groups is 2. The molecule has 1 amide bonds. The van der Waals surface area contributed by atoms with E-state index in [1.54, 1.807) is 0 Å². The zero-order valence-electron chi connectivity index (χ0n) is 22.7. The third kappa shape index (κ3) is 6.46. The molecule has 8 heteroatoms. The first-order chi connectivity index (χ1) is 14.8. The second-order valence-corrected chi connectivity index (χ2v) is 28.1. The van der Waals surface area contributed by atoms with Crippen LogP contribution in [0, 0.1) is 0 Å². The lowest BCUT2D eigenvalue weighted by Gasteiger charge is -2.60. The Morgan fingerprint density at radius 2 is 1.58 bits per heavy atom. The first kappa shape index (κ1) is 28.0. The summed E-state index contributed by atoms with van der Waals surface area (Å²) in [5, 5.41) is 0.0563. The van der Waals surface area contributed by atoms with E-state index in [4.69, 9.17) is 9.16 Å². The van der Waals surface area contributed by atoms with Crippen molar-refractivity contribution in [3.8, 4) is 0 Å². The highest BCUT2D eigenvalue weighted by molar-refractivity contribution is 6.81. The fraction of sp³-hybridized carbons (Fsp3) is 0.680. The van der Waals surface area contributed by atoms with Gasteiger partial charge < -0.3 is 13.7 Å². The van der Waals surface area contributed by atoms with E-state index in [2.05, 4.69) is 77.7 Å². The van der Waals surface area contributed by atoms with Crippen LogP contribution in [0.3, 0.4) is 0 Å². The Bertz CT molecular complexity index is 853. The van der Waals surface area contributed by atoms with E-state index < -0.39 is 30.2 Å². The van der Waals surface area contributed by atoms with Crippen LogP contribution in [0.1, 0.15) is 32.8 Å². The average molecular weight is 508 g/mol. The highest BCUT2D eigenvalue weighted by Gasteiger charge is 2.62. The summed E-state index contributed by atoms with van der Waals surface area (Å²) in [6.45, 7) is 24.9. The van der Waals surface area contributed by atoms with E-state index in [1.807, 2.05) is 30.3 Å². The highest BCUT2D eigenvalue weighted by Crippen LogP contribution is 2.48. The van der Waals surface area contributed by atoms with E-state index in [-0.39, 0.29) is 29.1 Å². The number of hydrogen-bond donors (Lipinski definition) is 0. The molecular formula is C25H45NO4Si3. The summed E-state index contributed by atoms with van der Waals surface area (Å²) in [6.07, 6.45) is 0.421. The van der Waals surface area contributed by atoms with Crippen LogP contribution in [0.25, 0.3) is 0 Å². The molecule has 1 aromatic carbocycles. The molecule has 0 aliphatic carbocycles. The van der Waals surface area contributed by atoms with Crippen LogP contribution in [0.4, 0.5) is 0 Å². The lowest BCUT2D eigenvalue weighted by atomic mass is 9.90. The molecule has 0 spiro atoms. The van der Waals surface area contributed by atoms with Crippen molar-refractivity contribution < 1.29 is 18.8 Å². The Kier molecular flexibility index (Phi) is 8.01. The molecule has 0 aromatic heterocycles. The van der Waals surface area contributed by atoms with Crippen molar-refractivity contribution >= 4 is 36.5 Å². The monoisotopic (exact) mass is 507 g/mol. The van der Waals surface area contributed by atoms with Crippen molar-refractivity contribution in [3.63, 3.8) is 0 Å². The topological polar surface area (TPSA) is 55.8 Å². The molecule has 1 saturated heterocycles. The second-order valence-electron chi connectivity index (χ2n) is 13.1. The summed E-state index contributed by atoms with van der Waals surface area (Å²) in [5.41, 5.74) is -0.239. The second kappa shape index (κ2) is 9.43. The first-order valence-corrected chi connectivity index (χ1v) is 22.0. The molecule has 1 aromatic rings. The van der Waals surface area contributed by atoms with Gasteiger partial charge in [-0.25, -0.2) is 0 Å². The lowest BCUT2D eigenvalue weighted by molar-refractivity contribution is -0.166. The molecular weight excluding hydrogens is 463 g/mol. The van der Waals surface area contributed by atoms with E-state index in [0.29, 0.717) is 13.0 Å². The van der Waals surface area contributed by atoms with Gasteiger partial charge in [0.25, 0.3) is 0 Å². The molecule has 0 radical (unpaired) electrons. The molecule has 1 fully saturated rings. The minimum Gasteiger partial charge on any atom is -0.461 e. The summed E-state index contributed by atoms with van der Waals surface area (Å²) in [6, 6.07) is 9.75. The molecule has 2 atom stereocenters. The van der Waals surface area contributed by atoms with Crippen molar-refractivity contribution in [1.82, 2.24) is 4.57 Å². The largest absolute Gasteiger partial charge is 0.461 e. The van der Waals surface area contributed by atoms with E-state index >= 15 is 0 Å². The van der Waals surface area contributed by atoms with Crippen LogP contribution >= 0.6 is 0 Å². The van der Waals surface area contributed by atoms with Gasteiger partial charge in [0.1, 0.15) is 6.61 Å². The molecule has 0 saturated carbocycles. The Morgan fingerprint density at radius 3 is 2.00 bits per heavy atom. The van der Waals surface area contributed by atoms with Gasteiger partial charge in [0.2, 0.25) is 5.91 Å². The van der Waals surface area contributed by atoms with Crippen molar-refractivity contribution in [1.29, 1.82) is 0 Å². The molecule has 1 aliphatic heterocycles. The van der Waals surface area contributed by atoms with Gasteiger partial charge in [-0.3, -0.25) is 9.59 Å². The molecule has 2 rings (SSSR count). The smallest absolute Gasteiger partial charge is 0.306 e. The summed E-state index contributed by atoms with van der Waals surface area (Å²) in [7, 11) is -6.05. The van der Waals surface area contributed by atoms with Gasteiger partial charge in [-0.2, -0.15) is 0 Å². The molecule has 1 heterocycles. The fourth-order valence-electron chi connectivity index (χ4n) is 4.16. The van der Waals surface area contributed by atoms with Crippen LogP contribution in [0.15, 0.2) is 30.3 Å². The van der Waals surface area contributed by atoms with E-state index in [1.165, 1.54) is 0 Å². The third-order valence-corrected chi connectivity index (χ3v) is 16.1. The SMILES string of the molecule is CC(C)(C)[Si](C)(C)N1CC(CC(C(=O)OCc2ccccc2)[Si](C)(C)C)(O[Si](C)(C)C)C1=O. The summed E-state index contributed by atoms with van der Waals surface area (Å²) >= 11 is 0. The zero-order valence-corrected chi connectivity index (χ0v) is 25.7. The van der Waals surface area contributed by atoms with Gasteiger partial charge in [0.15, 0.2) is 22.2 Å². The Labute approximate surface area is 204 Å². The third-order valence-electron chi connectivity index (χ3n) is 7.15. The van der Waals surface area contributed by atoms with Crippen molar-refractivity contribution in [2.75, 3.05) is 6.54 Å². The number of nitrogens with zero attached hydrogens (tertiary/aromatic N) is 1. The van der Waals surface area contributed by atoms with Crippen molar-refractivity contribution in [3.05, 3.63) is 35.9 Å². The van der Waals surface area contributed by atoms with Crippen LogP contribution in [0.5, 0.6) is 0 Å². The quantitative estimate of drug-likeness (QED) is 0.225. The van der Waals surface area contributed by atoms with E-state index in [9.17, 15) is 9.59 Å². The maximum Gasteiger partial charge on any atom is 0.306 e. The average Bonchev–Trinajstić information content (AvgIpc) is 2.65. The van der Waals surface area contributed by atoms with Gasteiger partial charge in [0.05, 0.1) is 13.6 Å². The molecule has 33 heavy (non-hydrogen) atoms. The molecule has 186 valence electrons. The van der Waals surface area contributed by atoms with Crippen LogP contribution < -0.4 is 0 Å². The standard InChI is InChI=1S/C25H45NO4Si3/c1-24(2,3)33(10,11)26-19-25(23(26)28,30-32(7,8)9)17-21(31(4,5)6)22(27)29-18-20-15-13-12-14-16-20/h12-16,21H,17-19H2,1-11H3.